The number of carbonyl (C=O) groups is 1. The molecule has 0 aromatic rings. The SMILES string of the molecule is CCNC(C)(CCOCCOC(C)(C)C)C(=O)O. The molecule has 108 valence electrons. The van der Waals surface area contributed by atoms with Gasteiger partial charge in [0, 0.05) is 6.61 Å². The Hall–Kier alpha value is -0.650. The normalized spacial score (nSPS) is 15.4. The molecular weight excluding hydrogens is 234 g/mol. The van der Waals surface area contributed by atoms with Crippen molar-refractivity contribution in [2.24, 2.45) is 0 Å². The third-order valence-electron chi connectivity index (χ3n) is 2.55. The van der Waals surface area contributed by atoms with Gasteiger partial charge in [0.2, 0.25) is 0 Å². The average Bonchev–Trinajstić information content (AvgIpc) is 2.22. The Labute approximate surface area is 110 Å². The van der Waals surface area contributed by atoms with E-state index in [9.17, 15) is 4.79 Å². The number of nitrogens with one attached hydrogen (secondary N) is 1. The van der Waals surface area contributed by atoms with Crippen LogP contribution in [0.5, 0.6) is 0 Å². The van der Waals surface area contributed by atoms with E-state index in [0.29, 0.717) is 32.8 Å². The van der Waals surface area contributed by atoms with Gasteiger partial charge in [0.05, 0.1) is 18.8 Å². The maximum Gasteiger partial charge on any atom is 0.323 e. The first kappa shape index (κ1) is 17.4. The van der Waals surface area contributed by atoms with Crippen LogP contribution in [0.2, 0.25) is 0 Å². The summed E-state index contributed by atoms with van der Waals surface area (Å²) in [5.74, 6) is -0.848. The molecule has 0 aliphatic heterocycles. The Morgan fingerprint density at radius 3 is 2.22 bits per heavy atom. The fourth-order valence-electron chi connectivity index (χ4n) is 1.45. The van der Waals surface area contributed by atoms with Gasteiger partial charge < -0.3 is 19.9 Å². The average molecular weight is 261 g/mol. The van der Waals surface area contributed by atoms with Gasteiger partial charge in [-0.05, 0) is 40.7 Å². The Morgan fingerprint density at radius 2 is 1.78 bits per heavy atom. The Balaban J connectivity index is 3.78. The number of rotatable bonds is 9. The van der Waals surface area contributed by atoms with Crippen molar-refractivity contribution in [3.05, 3.63) is 0 Å². The lowest BCUT2D eigenvalue weighted by molar-refractivity contribution is -0.145. The van der Waals surface area contributed by atoms with Gasteiger partial charge in [-0.3, -0.25) is 4.79 Å². The molecule has 0 saturated heterocycles. The second-order valence-electron chi connectivity index (χ2n) is 5.49. The molecule has 0 aromatic heterocycles. The highest BCUT2D eigenvalue weighted by molar-refractivity contribution is 5.78. The van der Waals surface area contributed by atoms with E-state index in [1.54, 1.807) is 6.92 Å². The van der Waals surface area contributed by atoms with Crippen LogP contribution < -0.4 is 5.32 Å². The lowest BCUT2D eigenvalue weighted by Crippen LogP contribution is -2.50. The number of aliphatic carboxylic acids is 1. The van der Waals surface area contributed by atoms with Gasteiger partial charge in [-0.1, -0.05) is 6.92 Å². The molecule has 0 amide bonds. The molecule has 5 nitrogen and oxygen atoms in total. The summed E-state index contributed by atoms with van der Waals surface area (Å²) in [4.78, 5) is 11.1. The summed E-state index contributed by atoms with van der Waals surface area (Å²) in [6.45, 7) is 11.6. The minimum Gasteiger partial charge on any atom is -0.480 e. The van der Waals surface area contributed by atoms with Crippen LogP contribution in [0.4, 0.5) is 0 Å². The van der Waals surface area contributed by atoms with Crippen molar-refractivity contribution in [1.29, 1.82) is 0 Å². The quantitative estimate of drug-likeness (QED) is 0.618. The maximum atomic E-state index is 11.1. The molecule has 0 fully saturated rings. The first-order chi connectivity index (χ1) is 8.21. The molecule has 0 bridgehead atoms. The standard InChI is InChI=1S/C13H27NO4/c1-6-14-13(5,11(15)16)7-8-17-9-10-18-12(2,3)4/h14H,6-10H2,1-5H3,(H,15,16). The second-order valence-corrected chi connectivity index (χ2v) is 5.49. The Bertz CT molecular complexity index is 250. The van der Waals surface area contributed by atoms with Crippen LogP contribution in [0, 0.1) is 0 Å². The first-order valence-electron chi connectivity index (χ1n) is 6.41. The third kappa shape index (κ3) is 7.63. The number of carboxylic acids is 1. The largest absolute Gasteiger partial charge is 0.480 e. The molecule has 0 radical (unpaired) electrons. The van der Waals surface area contributed by atoms with Crippen LogP contribution in [0.1, 0.15) is 41.0 Å². The number of likely N-dealkylation sites (N-methyl/N-ethyl adjacent to an activating group) is 1. The molecule has 0 aliphatic rings. The second kappa shape index (κ2) is 7.71. The van der Waals surface area contributed by atoms with Crippen LogP contribution in [0.15, 0.2) is 0 Å². The van der Waals surface area contributed by atoms with E-state index in [2.05, 4.69) is 5.32 Å². The minimum atomic E-state index is -0.917. The van der Waals surface area contributed by atoms with Gasteiger partial charge in [-0.15, -0.1) is 0 Å². The molecule has 0 saturated carbocycles. The van der Waals surface area contributed by atoms with Crippen LogP contribution in [0.3, 0.4) is 0 Å². The zero-order valence-electron chi connectivity index (χ0n) is 12.2. The lowest BCUT2D eigenvalue weighted by Gasteiger charge is -2.25. The summed E-state index contributed by atoms with van der Waals surface area (Å²) in [5, 5.41) is 12.1. The smallest absolute Gasteiger partial charge is 0.323 e. The summed E-state index contributed by atoms with van der Waals surface area (Å²) >= 11 is 0. The Morgan fingerprint density at radius 1 is 1.17 bits per heavy atom. The number of hydrogen-bond acceptors (Lipinski definition) is 4. The predicted octanol–water partition coefficient (Wildman–Crippen LogP) is 1.66. The molecule has 18 heavy (non-hydrogen) atoms. The van der Waals surface area contributed by atoms with Crippen molar-refractivity contribution < 1.29 is 19.4 Å². The summed E-state index contributed by atoms with van der Waals surface area (Å²) in [7, 11) is 0. The molecule has 0 aromatic carbocycles. The fraction of sp³-hybridized carbons (Fsp3) is 0.923. The van der Waals surface area contributed by atoms with Crippen molar-refractivity contribution in [2.45, 2.75) is 52.2 Å². The van der Waals surface area contributed by atoms with E-state index in [0.717, 1.165) is 0 Å². The van der Waals surface area contributed by atoms with E-state index in [1.807, 2.05) is 27.7 Å². The fourth-order valence-corrected chi connectivity index (χ4v) is 1.45. The molecular formula is C13H27NO4. The molecule has 1 unspecified atom stereocenters. The molecule has 2 N–H and O–H groups in total. The van der Waals surface area contributed by atoms with Gasteiger partial charge in [-0.2, -0.15) is 0 Å². The summed E-state index contributed by atoms with van der Waals surface area (Å²) < 4.78 is 10.9. The summed E-state index contributed by atoms with van der Waals surface area (Å²) in [6.07, 6.45) is 0.436. The van der Waals surface area contributed by atoms with Crippen molar-refractivity contribution >= 4 is 5.97 Å². The molecule has 0 heterocycles. The third-order valence-corrected chi connectivity index (χ3v) is 2.55. The van der Waals surface area contributed by atoms with E-state index in [4.69, 9.17) is 14.6 Å². The van der Waals surface area contributed by atoms with E-state index in [-0.39, 0.29) is 5.60 Å². The van der Waals surface area contributed by atoms with Crippen molar-refractivity contribution in [3.63, 3.8) is 0 Å². The Kier molecular flexibility index (Phi) is 7.43. The molecule has 0 rings (SSSR count). The highest BCUT2D eigenvalue weighted by Crippen LogP contribution is 2.10. The van der Waals surface area contributed by atoms with Crippen molar-refractivity contribution in [3.8, 4) is 0 Å². The topological polar surface area (TPSA) is 67.8 Å². The van der Waals surface area contributed by atoms with Gasteiger partial charge in [0.1, 0.15) is 5.54 Å². The van der Waals surface area contributed by atoms with Gasteiger partial charge in [0.15, 0.2) is 0 Å². The highest BCUT2D eigenvalue weighted by Gasteiger charge is 2.31. The number of ether oxygens (including phenoxy) is 2. The monoisotopic (exact) mass is 261 g/mol. The molecule has 0 spiro atoms. The lowest BCUT2D eigenvalue weighted by atomic mass is 9.99. The van der Waals surface area contributed by atoms with Crippen LogP contribution in [0.25, 0.3) is 0 Å². The number of carboxylic acid groups (broad SMARTS) is 1. The minimum absolute atomic E-state index is 0.164. The van der Waals surface area contributed by atoms with Gasteiger partial charge >= 0.3 is 5.97 Å². The number of hydrogen-bond donors (Lipinski definition) is 2. The predicted molar refractivity (Wildman–Crippen MR) is 70.9 cm³/mol. The van der Waals surface area contributed by atoms with E-state index < -0.39 is 11.5 Å². The molecule has 5 heteroatoms. The van der Waals surface area contributed by atoms with E-state index in [1.165, 1.54) is 0 Å². The van der Waals surface area contributed by atoms with E-state index >= 15 is 0 Å². The van der Waals surface area contributed by atoms with Gasteiger partial charge in [0.25, 0.3) is 0 Å². The van der Waals surface area contributed by atoms with Crippen molar-refractivity contribution in [2.75, 3.05) is 26.4 Å². The zero-order chi connectivity index (χ0) is 14.2. The zero-order valence-corrected chi connectivity index (χ0v) is 12.2. The summed E-state index contributed by atoms with van der Waals surface area (Å²) in [6, 6.07) is 0. The van der Waals surface area contributed by atoms with Crippen LogP contribution in [-0.2, 0) is 14.3 Å². The van der Waals surface area contributed by atoms with Crippen LogP contribution >= 0.6 is 0 Å². The molecule has 0 aliphatic carbocycles. The maximum absolute atomic E-state index is 11.1. The molecule has 1 atom stereocenters. The van der Waals surface area contributed by atoms with Gasteiger partial charge in [-0.25, -0.2) is 0 Å². The van der Waals surface area contributed by atoms with Crippen LogP contribution in [-0.4, -0.2) is 48.6 Å². The first-order valence-corrected chi connectivity index (χ1v) is 6.41. The summed E-state index contributed by atoms with van der Waals surface area (Å²) in [5.41, 5.74) is -1.08. The van der Waals surface area contributed by atoms with Crippen molar-refractivity contribution in [1.82, 2.24) is 5.32 Å². The highest BCUT2D eigenvalue weighted by atomic mass is 16.5.